The highest BCUT2D eigenvalue weighted by atomic mass is 15.0. The normalized spacial score (nSPS) is 11.1. The monoisotopic (exact) mass is 304 g/mol. The molecule has 23 heavy (non-hydrogen) atoms. The Kier molecular flexibility index (Phi) is 4.92. The molecule has 118 valence electrons. The third-order valence-electron chi connectivity index (χ3n) is 4.21. The number of imidazole rings is 1. The smallest absolute Gasteiger partial charge is 0.0952 e. The summed E-state index contributed by atoms with van der Waals surface area (Å²) in [4.78, 5) is 4.54. The molecule has 0 fully saturated rings. The summed E-state index contributed by atoms with van der Waals surface area (Å²) in [6, 6.07) is 19.5. The van der Waals surface area contributed by atoms with E-state index in [1.807, 2.05) is 6.33 Å². The number of aryl methyl sites for hydroxylation is 2. The second kappa shape index (κ2) is 7.28. The lowest BCUT2D eigenvalue weighted by Crippen LogP contribution is -1.97. The van der Waals surface area contributed by atoms with Crippen molar-refractivity contribution in [3.05, 3.63) is 89.5 Å². The Bertz CT molecular complexity index is 724. The summed E-state index contributed by atoms with van der Waals surface area (Å²) in [7, 11) is 0. The van der Waals surface area contributed by atoms with Gasteiger partial charge in [0.2, 0.25) is 0 Å². The van der Waals surface area contributed by atoms with Crippen LogP contribution in [0.4, 0.5) is 0 Å². The van der Waals surface area contributed by atoms with Crippen LogP contribution in [0.15, 0.2) is 67.1 Å². The molecule has 1 aromatic heterocycles. The Morgan fingerprint density at radius 2 is 1.61 bits per heavy atom. The van der Waals surface area contributed by atoms with Crippen molar-refractivity contribution in [3.8, 4) is 0 Å². The van der Waals surface area contributed by atoms with E-state index in [4.69, 9.17) is 0 Å². The van der Waals surface area contributed by atoms with Gasteiger partial charge in [0.15, 0.2) is 0 Å². The lowest BCUT2D eigenvalue weighted by Gasteiger charge is -2.07. The molecule has 1 heterocycles. The van der Waals surface area contributed by atoms with Crippen molar-refractivity contribution in [2.24, 2.45) is 0 Å². The van der Waals surface area contributed by atoms with Crippen LogP contribution < -0.4 is 0 Å². The molecule has 2 aromatic carbocycles. The third kappa shape index (κ3) is 4.32. The van der Waals surface area contributed by atoms with Gasteiger partial charge in [-0.3, -0.25) is 0 Å². The van der Waals surface area contributed by atoms with E-state index in [1.54, 1.807) is 0 Å². The Labute approximate surface area is 138 Å². The van der Waals surface area contributed by atoms with Crippen molar-refractivity contribution in [3.63, 3.8) is 0 Å². The fraction of sp³-hybridized carbons (Fsp3) is 0.286. The van der Waals surface area contributed by atoms with Gasteiger partial charge in [-0.15, -0.1) is 0 Å². The standard InChI is InChI=1S/C21H24N2/c1-17(2)20-11-8-19(9-12-20)14-23-15-21(22-16-23)13-10-18-6-4-3-5-7-18/h3-9,11-12,15-17H,10,13-14H2,1-2H3. The molecule has 0 bridgehead atoms. The van der Waals surface area contributed by atoms with Gasteiger partial charge in [0, 0.05) is 12.7 Å². The van der Waals surface area contributed by atoms with E-state index in [-0.39, 0.29) is 0 Å². The van der Waals surface area contributed by atoms with Crippen LogP contribution in [0, 0.1) is 0 Å². The number of nitrogens with zero attached hydrogens (tertiary/aromatic N) is 2. The van der Waals surface area contributed by atoms with Gasteiger partial charge in [-0.2, -0.15) is 0 Å². The minimum absolute atomic E-state index is 0.585. The van der Waals surface area contributed by atoms with E-state index in [2.05, 4.69) is 84.2 Å². The molecular formula is C21H24N2. The van der Waals surface area contributed by atoms with E-state index >= 15 is 0 Å². The molecule has 0 amide bonds. The summed E-state index contributed by atoms with van der Waals surface area (Å²) in [5.41, 5.74) is 5.24. The summed E-state index contributed by atoms with van der Waals surface area (Å²) in [6.07, 6.45) is 6.14. The fourth-order valence-electron chi connectivity index (χ4n) is 2.76. The molecule has 2 heteroatoms. The predicted octanol–water partition coefficient (Wildman–Crippen LogP) is 4.84. The molecule has 0 N–H and O–H groups in total. The molecule has 0 aliphatic carbocycles. The van der Waals surface area contributed by atoms with Crippen LogP contribution in [-0.4, -0.2) is 9.55 Å². The Morgan fingerprint density at radius 1 is 0.870 bits per heavy atom. The highest BCUT2D eigenvalue weighted by Gasteiger charge is 2.02. The summed E-state index contributed by atoms with van der Waals surface area (Å²) >= 11 is 0. The van der Waals surface area contributed by atoms with E-state index < -0.39 is 0 Å². The van der Waals surface area contributed by atoms with Gasteiger partial charge >= 0.3 is 0 Å². The molecule has 0 atom stereocenters. The molecule has 0 aliphatic heterocycles. The SMILES string of the molecule is CC(C)c1ccc(Cn2cnc(CCc3ccccc3)c2)cc1. The Morgan fingerprint density at radius 3 is 2.30 bits per heavy atom. The quantitative estimate of drug-likeness (QED) is 0.637. The lowest BCUT2D eigenvalue weighted by molar-refractivity contribution is 0.792. The number of rotatable bonds is 6. The van der Waals surface area contributed by atoms with Crippen LogP contribution in [0.1, 0.15) is 42.1 Å². The van der Waals surface area contributed by atoms with Crippen LogP contribution in [-0.2, 0) is 19.4 Å². The first-order chi connectivity index (χ1) is 11.2. The van der Waals surface area contributed by atoms with Crippen LogP contribution in [0.3, 0.4) is 0 Å². The summed E-state index contributed by atoms with van der Waals surface area (Å²) < 4.78 is 2.17. The van der Waals surface area contributed by atoms with Crippen molar-refractivity contribution in [2.45, 2.75) is 39.2 Å². The van der Waals surface area contributed by atoms with E-state index in [1.165, 1.54) is 16.7 Å². The van der Waals surface area contributed by atoms with Crippen molar-refractivity contribution in [1.29, 1.82) is 0 Å². The molecule has 0 saturated heterocycles. The molecule has 0 unspecified atom stereocenters. The van der Waals surface area contributed by atoms with Gasteiger partial charge in [-0.1, -0.05) is 68.4 Å². The van der Waals surface area contributed by atoms with E-state index in [9.17, 15) is 0 Å². The minimum Gasteiger partial charge on any atom is -0.333 e. The van der Waals surface area contributed by atoms with Crippen LogP contribution in [0.5, 0.6) is 0 Å². The van der Waals surface area contributed by atoms with E-state index in [0.29, 0.717) is 5.92 Å². The average molecular weight is 304 g/mol. The number of hydrogen-bond donors (Lipinski definition) is 0. The Hall–Kier alpha value is -2.35. The number of aromatic nitrogens is 2. The summed E-state index contributed by atoms with van der Waals surface area (Å²) in [5.74, 6) is 0.585. The van der Waals surface area contributed by atoms with Gasteiger partial charge in [-0.05, 0) is 35.4 Å². The highest BCUT2D eigenvalue weighted by Crippen LogP contribution is 2.15. The molecule has 2 nitrogen and oxygen atoms in total. The minimum atomic E-state index is 0.585. The predicted molar refractivity (Wildman–Crippen MR) is 95.7 cm³/mol. The second-order valence-corrected chi connectivity index (χ2v) is 6.42. The lowest BCUT2D eigenvalue weighted by atomic mass is 10.0. The zero-order valence-electron chi connectivity index (χ0n) is 13.9. The molecule has 3 rings (SSSR count). The maximum absolute atomic E-state index is 4.54. The van der Waals surface area contributed by atoms with Gasteiger partial charge in [0.25, 0.3) is 0 Å². The number of hydrogen-bond acceptors (Lipinski definition) is 1. The first-order valence-electron chi connectivity index (χ1n) is 8.34. The molecule has 0 spiro atoms. The number of benzene rings is 2. The fourth-order valence-corrected chi connectivity index (χ4v) is 2.76. The van der Waals surface area contributed by atoms with Crippen LogP contribution in [0.25, 0.3) is 0 Å². The molecular weight excluding hydrogens is 280 g/mol. The third-order valence-corrected chi connectivity index (χ3v) is 4.21. The van der Waals surface area contributed by atoms with E-state index in [0.717, 1.165) is 25.1 Å². The highest BCUT2D eigenvalue weighted by molar-refractivity contribution is 5.25. The van der Waals surface area contributed by atoms with Gasteiger partial charge in [-0.25, -0.2) is 4.98 Å². The maximum Gasteiger partial charge on any atom is 0.0952 e. The first kappa shape index (κ1) is 15.5. The summed E-state index contributed by atoms with van der Waals surface area (Å²) in [5, 5.41) is 0. The van der Waals surface area contributed by atoms with Gasteiger partial charge in [0.1, 0.15) is 0 Å². The first-order valence-corrected chi connectivity index (χ1v) is 8.34. The zero-order chi connectivity index (χ0) is 16.1. The second-order valence-electron chi connectivity index (χ2n) is 6.42. The maximum atomic E-state index is 4.54. The van der Waals surface area contributed by atoms with Crippen molar-refractivity contribution in [1.82, 2.24) is 9.55 Å². The molecule has 0 aliphatic rings. The topological polar surface area (TPSA) is 17.8 Å². The summed E-state index contributed by atoms with van der Waals surface area (Å²) in [6.45, 7) is 5.34. The zero-order valence-corrected chi connectivity index (χ0v) is 13.9. The van der Waals surface area contributed by atoms with Crippen LogP contribution in [0.2, 0.25) is 0 Å². The van der Waals surface area contributed by atoms with Crippen molar-refractivity contribution < 1.29 is 0 Å². The van der Waals surface area contributed by atoms with Crippen LogP contribution >= 0.6 is 0 Å². The van der Waals surface area contributed by atoms with Gasteiger partial charge < -0.3 is 4.57 Å². The Balaban J connectivity index is 1.58. The molecule has 0 radical (unpaired) electrons. The largest absolute Gasteiger partial charge is 0.333 e. The van der Waals surface area contributed by atoms with Crippen molar-refractivity contribution in [2.75, 3.05) is 0 Å². The molecule has 3 aromatic rings. The van der Waals surface area contributed by atoms with Crippen molar-refractivity contribution >= 4 is 0 Å². The van der Waals surface area contributed by atoms with Gasteiger partial charge in [0.05, 0.1) is 12.0 Å². The molecule has 0 saturated carbocycles. The average Bonchev–Trinajstić information content (AvgIpc) is 3.02.